The van der Waals surface area contributed by atoms with E-state index in [2.05, 4.69) is 24.5 Å². The van der Waals surface area contributed by atoms with Crippen LogP contribution in [-0.4, -0.2) is 73.0 Å². The van der Waals surface area contributed by atoms with Crippen LogP contribution in [0.5, 0.6) is 0 Å². The number of carbonyl (C=O) groups is 3. The van der Waals surface area contributed by atoms with Crippen LogP contribution in [0.3, 0.4) is 0 Å². The molecular formula is C27H49N3O6S. The molecular weight excluding hydrogens is 494 g/mol. The lowest BCUT2D eigenvalue weighted by molar-refractivity contribution is -0.154. The normalized spacial score (nSPS) is 25.6. The van der Waals surface area contributed by atoms with Gasteiger partial charge in [-0.05, 0) is 56.8 Å². The molecule has 1 heterocycles. The minimum absolute atomic E-state index is 0.0234. The second-order valence-electron chi connectivity index (χ2n) is 14.3. The number of carbonyl (C=O) groups excluding carboxylic acids is 3. The van der Waals surface area contributed by atoms with Crippen LogP contribution >= 0.6 is 0 Å². The molecule has 5 atom stereocenters. The molecule has 0 spiro atoms. The average molecular weight is 544 g/mol. The van der Waals surface area contributed by atoms with Gasteiger partial charge in [-0.3, -0.25) is 4.79 Å². The van der Waals surface area contributed by atoms with Crippen LogP contribution in [-0.2, 0) is 24.2 Å². The molecule has 37 heavy (non-hydrogen) atoms. The van der Waals surface area contributed by atoms with Gasteiger partial charge in [0.15, 0.2) is 9.84 Å². The number of urea groups is 1. The van der Waals surface area contributed by atoms with Crippen LogP contribution in [0.1, 0.15) is 82.6 Å². The molecule has 2 unspecified atom stereocenters. The van der Waals surface area contributed by atoms with E-state index in [1.54, 1.807) is 32.6 Å². The van der Waals surface area contributed by atoms with Crippen molar-refractivity contribution in [3.63, 3.8) is 0 Å². The Labute approximate surface area is 223 Å². The van der Waals surface area contributed by atoms with E-state index in [0.29, 0.717) is 13.0 Å². The average Bonchev–Trinajstić information content (AvgIpc) is 3.03. The van der Waals surface area contributed by atoms with Crippen molar-refractivity contribution in [2.45, 2.75) is 105 Å². The van der Waals surface area contributed by atoms with E-state index in [1.165, 1.54) is 7.11 Å². The second kappa shape index (κ2) is 10.0. The Morgan fingerprint density at radius 2 is 1.59 bits per heavy atom. The topological polar surface area (TPSA) is 122 Å². The third-order valence-corrected chi connectivity index (χ3v) is 10.9. The van der Waals surface area contributed by atoms with Crippen LogP contribution in [0.25, 0.3) is 0 Å². The van der Waals surface area contributed by atoms with Crippen LogP contribution < -0.4 is 10.6 Å². The van der Waals surface area contributed by atoms with Crippen molar-refractivity contribution in [3.05, 3.63) is 0 Å². The summed E-state index contributed by atoms with van der Waals surface area (Å²) in [5, 5.41) is 5.71. The van der Waals surface area contributed by atoms with Gasteiger partial charge >= 0.3 is 12.0 Å². The largest absolute Gasteiger partial charge is 0.467 e. The highest BCUT2D eigenvalue weighted by Gasteiger charge is 2.70. The minimum atomic E-state index is -3.53. The first kappa shape index (κ1) is 31.4. The van der Waals surface area contributed by atoms with Gasteiger partial charge in [0.25, 0.3) is 0 Å². The lowest BCUT2D eigenvalue weighted by Crippen LogP contribution is -2.62. The second-order valence-corrected chi connectivity index (χ2v) is 17.1. The van der Waals surface area contributed by atoms with Gasteiger partial charge in [0.05, 0.1) is 23.1 Å². The number of hydrogen-bond donors (Lipinski definition) is 2. The van der Waals surface area contributed by atoms with Gasteiger partial charge in [0, 0.05) is 12.5 Å². The van der Waals surface area contributed by atoms with Crippen molar-refractivity contribution in [2.24, 2.45) is 28.6 Å². The van der Waals surface area contributed by atoms with Gasteiger partial charge in [0.2, 0.25) is 5.91 Å². The molecule has 3 amide bonds. The number of likely N-dealkylation sites (tertiary alicyclic amines) is 1. The molecule has 214 valence electrons. The predicted molar refractivity (Wildman–Crippen MR) is 145 cm³/mol. The Morgan fingerprint density at radius 1 is 1.05 bits per heavy atom. The zero-order chi connectivity index (χ0) is 28.9. The molecule has 2 N–H and O–H groups in total. The van der Waals surface area contributed by atoms with E-state index in [1.807, 2.05) is 34.6 Å². The van der Waals surface area contributed by atoms with Crippen LogP contribution in [0.2, 0.25) is 0 Å². The van der Waals surface area contributed by atoms with Gasteiger partial charge in [-0.1, -0.05) is 48.5 Å². The molecule has 0 radical (unpaired) electrons. The Morgan fingerprint density at radius 3 is 2.03 bits per heavy atom. The van der Waals surface area contributed by atoms with Crippen molar-refractivity contribution >= 4 is 27.7 Å². The number of ether oxygens (including phenoxy) is 1. The third-order valence-electron chi connectivity index (χ3n) is 8.04. The Kier molecular flexibility index (Phi) is 8.52. The summed E-state index contributed by atoms with van der Waals surface area (Å²) in [5.41, 5.74) is -1.75. The number of amides is 3. The molecule has 2 fully saturated rings. The van der Waals surface area contributed by atoms with E-state index < -0.39 is 49.6 Å². The fraction of sp³-hybridized carbons (Fsp3) is 0.889. The van der Waals surface area contributed by atoms with Gasteiger partial charge in [0.1, 0.15) is 12.1 Å². The summed E-state index contributed by atoms with van der Waals surface area (Å²) >= 11 is 0. The predicted octanol–water partition coefficient (Wildman–Crippen LogP) is 3.37. The zero-order valence-electron chi connectivity index (χ0n) is 24.8. The SMILES string of the molecule is COC(=O)[C@@H]1C2[C@H](CN1C(=O)C(NC(=O)N[C@@](C)(CC(C)C)CS(=O)(=O)C(C)(C)C)C(C)(C)C)C2(C)C. The molecule has 0 aromatic carbocycles. The van der Waals surface area contributed by atoms with Gasteiger partial charge < -0.3 is 20.3 Å². The smallest absolute Gasteiger partial charge is 0.328 e. The van der Waals surface area contributed by atoms with E-state index in [9.17, 15) is 22.8 Å². The highest BCUT2D eigenvalue weighted by Crippen LogP contribution is 2.65. The summed E-state index contributed by atoms with van der Waals surface area (Å²) in [5.74, 6) is -0.657. The first-order valence-corrected chi connectivity index (χ1v) is 14.8. The molecule has 0 aromatic heterocycles. The van der Waals surface area contributed by atoms with Crippen molar-refractivity contribution < 1.29 is 27.5 Å². The first-order chi connectivity index (χ1) is 16.5. The Balaban J connectivity index is 2.29. The molecule has 0 bridgehead atoms. The van der Waals surface area contributed by atoms with Crippen LogP contribution in [0.4, 0.5) is 4.79 Å². The summed E-state index contributed by atoms with van der Waals surface area (Å²) in [6.45, 7) is 20.8. The maximum atomic E-state index is 13.8. The minimum Gasteiger partial charge on any atom is -0.467 e. The number of nitrogens with one attached hydrogen (secondary N) is 2. The molecule has 1 aliphatic carbocycles. The van der Waals surface area contributed by atoms with Gasteiger partial charge in [-0.25, -0.2) is 18.0 Å². The summed E-state index contributed by atoms with van der Waals surface area (Å²) in [4.78, 5) is 41.4. The summed E-state index contributed by atoms with van der Waals surface area (Å²) in [6.07, 6.45) is 0.443. The Hall–Kier alpha value is -1.84. The molecule has 10 heteroatoms. The number of rotatable bonds is 8. The fourth-order valence-electron chi connectivity index (χ4n) is 5.84. The Bertz CT molecular complexity index is 1010. The van der Waals surface area contributed by atoms with Crippen LogP contribution in [0.15, 0.2) is 0 Å². The molecule has 0 aromatic rings. The van der Waals surface area contributed by atoms with E-state index in [4.69, 9.17) is 4.74 Å². The summed E-state index contributed by atoms with van der Waals surface area (Å²) < 4.78 is 30.1. The first-order valence-electron chi connectivity index (χ1n) is 13.2. The molecule has 2 aliphatic rings. The fourth-order valence-corrected chi connectivity index (χ4v) is 7.30. The molecule has 9 nitrogen and oxygen atoms in total. The monoisotopic (exact) mass is 543 g/mol. The van der Waals surface area contributed by atoms with Crippen molar-refractivity contribution in [1.82, 2.24) is 15.5 Å². The quantitative estimate of drug-likeness (QED) is 0.453. The summed E-state index contributed by atoms with van der Waals surface area (Å²) in [6, 6.07) is -2.22. The highest BCUT2D eigenvalue weighted by atomic mass is 32.2. The molecule has 1 saturated carbocycles. The van der Waals surface area contributed by atoms with Gasteiger partial charge in [-0.15, -0.1) is 0 Å². The number of fused-ring (bicyclic) bond motifs is 1. The zero-order valence-corrected chi connectivity index (χ0v) is 25.6. The summed E-state index contributed by atoms with van der Waals surface area (Å²) in [7, 11) is -2.21. The van der Waals surface area contributed by atoms with Crippen LogP contribution in [0, 0.1) is 28.6 Å². The number of nitrogens with zero attached hydrogens (tertiary/aromatic N) is 1. The standard InChI is InChI=1S/C27H49N3O6S/c1-16(2)13-27(11,15-37(34,35)25(6,7)8)29-23(33)28-20(24(3,4)5)21(31)30-14-17-18(26(17,9)10)19(30)22(32)36-12/h16-20H,13-15H2,1-12H3,(H2,28,29,33)/t17-,18?,19-,20?,27-/m0/s1. The number of piperidine rings is 1. The number of hydrogen-bond acceptors (Lipinski definition) is 6. The molecule has 1 saturated heterocycles. The molecule has 1 aliphatic heterocycles. The van der Waals surface area contributed by atoms with Crippen molar-refractivity contribution in [1.29, 1.82) is 0 Å². The maximum Gasteiger partial charge on any atom is 0.328 e. The van der Waals surface area contributed by atoms with Crippen molar-refractivity contribution in [3.8, 4) is 0 Å². The van der Waals surface area contributed by atoms with Crippen molar-refractivity contribution in [2.75, 3.05) is 19.4 Å². The maximum absolute atomic E-state index is 13.8. The lowest BCUT2D eigenvalue weighted by atomic mass is 9.85. The highest BCUT2D eigenvalue weighted by molar-refractivity contribution is 7.92. The lowest BCUT2D eigenvalue weighted by Gasteiger charge is -2.39. The van der Waals surface area contributed by atoms with E-state index in [-0.39, 0.29) is 34.8 Å². The number of esters is 1. The van der Waals surface area contributed by atoms with Gasteiger partial charge in [-0.2, -0.15) is 0 Å². The number of methoxy groups -OCH3 is 1. The molecule has 2 rings (SSSR count). The van der Waals surface area contributed by atoms with E-state index >= 15 is 0 Å². The van der Waals surface area contributed by atoms with E-state index in [0.717, 1.165) is 0 Å². The third kappa shape index (κ3) is 6.60. The number of sulfone groups is 1.